The second kappa shape index (κ2) is 13.3. The molecule has 0 saturated heterocycles. The average molecular weight is 516 g/mol. The van der Waals surface area contributed by atoms with Crippen molar-refractivity contribution in [2.45, 2.75) is 25.7 Å². The lowest BCUT2D eigenvalue weighted by Gasteiger charge is -2.22. The van der Waals surface area contributed by atoms with Crippen molar-refractivity contribution in [2.75, 3.05) is 34.4 Å². The smallest absolute Gasteiger partial charge is 0.228 e. The number of aromatic nitrogens is 2. The van der Waals surface area contributed by atoms with E-state index in [1.54, 1.807) is 21.3 Å². The molecule has 1 heterocycles. The van der Waals surface area contributed by atoms with Crippen molar-refractivity contribution >= 4 is 5.91 Å². The highest BCUT2D eigenvalue weighted by Gasteiger charge is 2.17. The number of carbonyl (C=O) groups is 1. The van der Waals surface area contributed by atoms with Crippen LogP contribution in [-0.4, -0.2) is 55.4 Å². The Bertz CT molecular complexity index is 1310. The number of aryl methyl sites for hydroxylation is 1. The predicted molar refractivity (Wildman–Crippen MR) is 145 cm³/mol. The Morgan fingerprint density at radius 2 is 1.53 bits per heavy atom. The Kier molecular flexibility index (Phi) is 9.34. The van der Waals surface area contributed by atoms with Crippen LogP contribution in [0.1, 0.15) is 23.4 Å². The zero-order chi connectivity index (χ0) is 26.7. The first kappa shape index (κ1) is 26.7. The molecule has 0 bridgehead atoms. The lowest BCUT2D eigenvalue weighted by molar-refractivity contribution is -0.131. The van der Waals surface area contributed by atoms with Crippen LogP contribution in [0.4, 0.5) is 0 Å². The molecule has 0 aliphatic rings. The van der Waals surface area contributed by atoms with Crippen molar-refractivity contribution in [1.29, 1.82) is 0 Å². The second-order valence-corrected chi connectivity index (χ2v) is 8.80. The zero-order valence-electron chi connectivity index (χ0n) is 22.1. The van der Waals surface area contributed by atoms with E-state index in [0.717, 1.165) is 22.4 Å². The molecule has 0 unspecified atom stereocenters. The molecule has 8 nitrogen and oxygen atoms in total. The van der Waals surface area contributed by atoms with Gasteiger partial charge in [-0.2, -0.15) is 4.98 Å². The number of benzene rings is 3. The predicted octanol–water partition coefficient (Wildman–Crippen LogP) is 5.01. The van der Waals surface area contributed by atoms with Crippen LogP contribution in [0.15, 0.2) is 77.3 Å². The van der Waals surface area contributed by atoms with E-state index >= 15 is 0 Å². The van der Waals surface area contributed by atoms with E-state index < -0.39 is 0 Å². The molecule has 0 atom stereocenters. The van der Waals surface area contributed by atoms with Gasteiger partial charge in [0.15, 0.2) is 11.5 Å². The maximum absolute atomic E-state index is 13.3. The number of carbonyl (C=O) groups excluding carboxylic acids is 1. The van der Waals surface area contributed by atoms with Gasteiger partial charge in [0.1, 0.15) is 5.75 Å². The zero-order valence-corrected chi connectivity index (χ0v) is 22.1. The van der Waals surface area contributed by atoms with Gasteiger partial charge < -0.3 is 23.6 Å². The van der Waals surface area contributed by atoms with Crippen molar-refractivity contribution in [3.63, 3.8) is 0 Å². The van der Waals surface area contributed by atoms with Crippen LogP contribution in [0.3, 0.4) is 0 Å². The van der Waals surface area contributed by atoms with Crippen LogP contribution in [0, 0.1) is 0 Å². The lowest BCUT2D eigenvalue weighted by atomic mass is 10.1. The number of methoxy groups -OCH3 is 3. The fourth-order valence-corrected chi connectivity index (χ4v) is 4.16. The maximum atomic E-state index is 13.3. The Morgan fingerprint density at radius 3 is 2.24 bits per heavy atom. The molecule has 3 aromatic carbocycles. The van der Waals surface area contributed by atoms with Crippen molar-refractivity contribution in [2.24, 2.45) is 0 Å². The Morgan fingerprint density at radius 1 is 0.789 bits per heavy atom. The third-order valence-electron chi connectivity index (χ3n) is 6.35. The Balaban J connectivity index is 1.42. The van der Waals surface area contributed by atoms with Crippen molar-refractivity contribution in [3.8, 4) is 28.6 Å². The molecule has 8 heteroatoms. The largest absolute Gasteiger partial charge is 0.497 e. The van der Waals surface area contributed by atoms with Crippen LogP contribution in [0.25, 0.3) is 11.4 Å². The molecule has 0 spiro atoms. The highest BCUT2D eigenvalue weighted by atomic mass is 16.5. The summed E-state index contributed by atoms with van der Waals surface area (Å²) in [7, 11) is 4.85. The third-order valence-corrected chi connectivity index (χ3v) is 6.35. The van der Waals surface area contributed by atoms with Gasteiger partial charge >= 0.3 is 0 Å². The van der Waals surface area contributed by atoms with Crippen molar-refractivity contribution < 1.29 is 23.5 Å². The van der Waals surface area contributed by atoms with Crippen LogP contribution in [0.2, 0.25) is 0 Å². The summed E-state index contributed by atoms with van der Waals surface area (Å²) >= 11 is 0. The standard InChI is InChI=1S/C30H33N3O5/c1-35-25-13-11-24(12-14-25)30-31-28(38-32-30)18-20-33(29(34)16-10-22-7-5-4-6-8-22)19-17-23-9-15-26(36-2)27(21-23)37-3/h4-9,11-15,21H,10,16-20H2,1-3H3. The van der Waals surface area contributed by atoms with Gasteiger partial charge in [0.05, 0.1) is 21.3 Å². The van der Waals surface area contributed by atoms with E-state index in [4.69, 9.17) is 18.7 Å². The highest BCUT2D eigenvalue weighted by Crippen LogP contribution is 2.28. The molecule has 4 rings (SSSR count). The molecular formula is C30H33N3O5. The van der Waals surface area contributed by atoms with E-state index in [2.05, 4.69) is 10.1 Å². The fraction of sp³-hybridized carbons (Fsp3) is 0.300. The average Bonchev–Trinajstić information content (AvgIpc) is 3.45. The number of nitrogens with zero attached hydrogens (tertiary/aromatic N) is 3. The summed E-state index contributed by atoms with van der Waals surface area (Å²) in [4.78, 5) is 19.7. The third kappa shape index (κ3) is 7.12. The van der Waals surface area contributed by atoms with Crippen LogP contribution in [-0.2, 0) is 24.1 Å². The molecule has 38 heavy (non-hydrogen) atoms. The number of amides is 1. The van der Waals surface area contributed by atoms with E-state index in [1.165, 1.54) is 0 Å². The van der Waals surface area contributed by atoms with E-state index in [9.17, 15) is 4.79 Å². The molecule has 198 valence electrons. The molecule has 1 amide bonds. The molecule has 0 saturated carbocycles. The van der Waals surface area contributed by atoms with Crippen molar-refractivity contribution in [1.82, 2.24) is 15.0 Å². The van der Waals surface area contributed by atoms with Gasteiger partial charge in [-0.3, -0.25) is 4.79 Å². The minimum atomic E-state index is 0.0872. The fourth-order valence-electron chi connectivity index (χ4n) is 4.16. The summed E-state index contributed by atoms with van der Waals surface area (Å²) in [6.45, 7) is 1.04. The molecule has 0 N–H and O–H groups in total. The van der Waals surface area contributed by atoms with Gasteiger partial charge in [0, 0.05) is 31.5 Å². The summed E-state index contributed by atoms with van der Waals surface area (Å²) in [5, 5.41) is 4.11. The first-order chi connectivity index (χ1) is 18.6. The molecule has 0 aliphatic carbocycles. The molecule has 1 aromatic heterocycles. The highest BCUT2D eigenvalue weighted by molar-refractivity contribution is 5.76. The first-order valence-electron chi connectivity index (χ1n) is 12.6. The Hall–Kier alpha value is -4.33. The number of ether oxygens (including phenoxy) is 3. The maximum Gasteiger partial charge on any atom is 0.228 e. The quantitative estimate of drug-likeness (QED) is 0.247. The van der Waals surface area contributed by atoms with Gasteiger partial charge in [0.25, 0.3) is 0 Å². The van der Waals surface area contributed by atoms with Crippen LogP contribution < -0.4 is 14.2 Å². The van der Waals surface area contributed by atoms with Gasteiger partial charge in [-0.05, 0) is 60.4 Å². The number of rotatable bonds is 13. The summed E-state index contributed by atoms with van der Waals surface area (Å²) in [6.07, 6.45) is 2.26. The Labute approximate surface area is 223 Å². The van der Waals surface area contributed by atoms with Crippen LogP contribution >= 0.6 is 0 Å². The minimum Gasteiger partial charge on any atom is -0.497 e. The summed E-state index contributed by atoms with van der Waals surface area (Å²) < 4.78 is 21.5. The summed E-state index contributed by atoms with van der Waals surface area (Å²) in [5.74, 6) is 3.19. The summed E-state index contributed by atoms with van der Waals surface area (Å²) in [5.41, 5.74) is 3.04. The van der Waals surface area contributed by atoms with Gasteiger partial charge in [-0.25, -0.2) is 0 Å². The molecule has 0 aliphatic heterocycles. The first-order valence-corrected chi connectivity index (χ1v) is 12.6. The van der Waals surface area contributed by atoms with E-state index in [-0.39, 0.29) is 5.91 Å². The summed E-state index contributed by atoms with van der Waals surface area (Å²) in [6, 6.07) is 23.3. The minimum absolute atomic E-state index is 0.0872. The normalized spacial score (nSPS) is 10.7. The van der Waals surface area contributed by atoms with E-state index in [0.29, 0.717) is 62.0 Å². The molecular weight excluding hydrogens is 482 g/mol. The van der Waals surface area contributed by atoms with Gasteiger partial charge in [0.2, 0.25) is 17.6 Å². The van der Waals surface area contributed by atoms with Crippen LogP contribution in [0.5, 0.6) is 17.2 Å². The van der Waals surface area contributed by atoms with Gasteiger partial charge in [-0.15, -0.1) is 0 Å². The monoisotopic (exact) mass is 515 g/mol. The lowest BCUT2D eigenvalue weighted by Crippen LogP contribution is -2.35. The van der Waals surface area contributed by atoms with Crippen molar-refractivity contribution in [3.05, 3.63) is 89.8 Å². The molecule has 0 fully saturated rings. The number of hydrogen-bond acceptors (Lipinski definition) is 7. The SMILES string of the molecule is COc1ccc(-c2noc(CCN(CCc3ccc(OC)c(OC)c3)C(=O)CCc3ccccc3)n2)cc1. The molecule has 4 aromatic rings. The topological polar surface area (TPSA) is 86.9 Å². The second-order valence-electron chi connectivity index (χ2n) is 8.80. The number of hydrogen-bond donors (Lipinski definition) is 0. The van der Waals surface area contributed by atoms with E-state index in [1.807, 2.05) is 77.7 Å². The molecule has 0 radical (unpaired) electrons. The van der Waals surface area contributed by atoms with Gasteiger partial charge in [-0.1, -0.05) is 41.6 Å².